The fourth-order valence-electron chi connectivity index (χ4n) is 2.96. The zero-order chi connectivity index (χ0) is 19.1. The van der Waals surface area contributed by atoms with E-state index >= 15 is 0 Å². The lowest BCUT2D eigenvalue weighted by molar-refractivity contribution is 0.761. The summed E-state index contributed by atoms with van der Waals surface area (Å²) in [6, 6.07) is 16.3. The van der Waals surface area contributed by atoms with Gasteiger partial charge in [0.2, 0.25) is 0 Å². The molecule has 2 heterocycles. The van der Waals surface area contributed by atoms with E-state index in [1.54, 1.807) is 6.08 Å². The molecule has 0 bridgehead atoms. The van der Waals surface area contributed by atoms with E-state index in [0.29, 0.717) is 0 Å². The third-order valence-corrected chi connectivity index (χ3v) is 4.32. The highest BCUT2D eigenvalue weighted by Gasteiger charge is 2.08. The van der Waals surface area contributed by atoms with Crippen molar-refractivity contribution in [3.8, 4) is 11.3 Å². The smallest absolute Gasteiger partial charge is 0.109 e. The highest BCUT2D eigenvalue weighted by Crippen LogP contribution is 2.19. The molecule has 136 valence electrons. The second-order valence-electron chi connectivity index (χ2n) is 6.25. The molecule has 0 unspecified atom stereocenters. The predicted molar refractivity (Wildman–Crippen MR) is 112 cm³/mol. The van der Waals surface area contributed by atoms with Crippen molar-refractivity contribution in [1.82, 2.24) is 14.5 Å². The van der Waals surface area contributed by atoms with Gasteiger partial charge in [-0.2, -0.15) is 0 Å². The van der Waals surface area contributed by atoms with Gasteiger partial charge in [-0.1, -0.05) is 55.1 Å². The van der Waals surface area contributed by atoms with Crippen molar-refractivity contribution in [1.29, 1.82) is 0 Å². The molecule has 0 aliphatic rings. The van der Waals surface area contributed by atoms with Gasteiger partial charge in [-0.15, -0.1) is 0 Å². The molecule has 0 saturated heterocycles. The summed E-state index contributed by atoms with van der Waals surface area (Å²) in [5.41, 5.74) is 10.5. The zero-order valence-electron chi connectivity index (χ0n) is 15.5. The lowest BCUT2D eigenvalue weighted by Crippen LogP contribution is -2.02. The van der Waals surface area contributed by atoms with Gasteiger partial charge in [-0.05, 0) is 30.8 Å². The van der Waals surface area contributed by atoms with Crippen LogP contribution in [0.1, 0.15) is 17.2 Å². The number of allylic oxidation sites excluding steroid dienone is 4. The van der Waals surface area contributed by atoms with Crippen LogP contribution < -0.4 is 5.73 Å². The highest BCUT2D eigenvalue weighted by atomic mass is 15.0. The van der Waals surface area contributed by atoms with Crippen molar-refractivity contribution >= 4 is 5.57 Å². The Morgan fingerprint density at radius 1 is 1.07 bits per heavy atom. The van der Waals surface area contributed by atoms with Crippen molar-refractivity contribution < 1.29 is 0 Å². The van der Waals surface area contributed by atoms with E-state index in [-0.39, 0.29) is 0 Å². The molecule has 4 heteroatoms. The maximum atomic E-state index is 5.54. The molecular weight excluding hydrogens is 332 g/mol. The number of aryl methyl sites for hydroxylation is 3. The van der Waals surface area contributed by atoms with Gasteiger partial charge in [0.05, 0.1) is 11.4 Å². The maximum absolute atomic E-state index is 5.54. The van der Waals surface area contributed by atoms with Gasteiger partial charge in [0.15, 0.2) is 0 Å². The number of hydrogen-bond donors (Lipinski definition) is 1. The first-order valence-corrected chi connectivity index (χ1v) is 8.96. The Hall–Kier alpha value is -3.40. The molecule has 4 nitrogen and oxygen atoms in total. The zero-order valence-corrected chi connectivity index (χ0v) is 15.5. The molecule has 0 saturated carbocycles. The van der Waals surface area contributed by atoms with Crippen LogP contribution in [0.2, 0.25) is 0 Å². The van der Waals surface area contributed by atoms with E-state index in [0.717, 1.165) is 46.9 Å². The molecule has 2 aromatic heterocycles. The molecule has 0 aliphatic carbocycles. The Labute approximate surface area is 160 Å². The Morgan fingerprint density at radius 3 is 2.63 bits per heavy atom. The SMILES string of the molecule is C=C/C=C(\C=C/N)c1cccc(CCc2nc(-c3ccccc3)cn2C)n1. The minimum Gasteiger partial charge on any atom is -0.405 e. The van der Waals surface area contributed by atoms with Crippen LogP contribution in [-0.2, 0) is 19.9 Å². The van der Waals surface area contributed by atoms with E-state index in [2.05, 4.69) is 29.5 Å². The van der Waals surface area contributed by atoms with Gasteiger partial charge in [0.25, 0.3) is 0 Å². The van der Waals surface area contributed by atoms with Crippen LogP contribution in [0.25, 0.3) is 16.8 Å². The van der Waals surface area contributed by atoms with E-state index in [9.17, 15) is 0 Å². The number of rotatable bonds is 7. The fraction of sp³-hybridized carbons (Fsp3) is 0.130. The Bertz CT molecular complexity index is 965. The van der Waals surface area contributed by atoms with Crippen LogP contribution in [0.5, 0.6) is 0 Å². The van der Waals surface area contributed by atoms with Crippen LogP contribution in [0.3, 0.4) is 0 Å². The van der Waals surface area contributed by atoms with E-state index < -0.39 is 0 Å². The third-order valence-electron chi connectivity index (χ3n) is 4.32. The van der Waals surface area contributed by atoms with Gasteiger partial charge >= 0.3 is 0 Å². The summed E-state index contributed by atoms with van der Waals surface area (Å²) < 4.78 is 2.09. The molecule has 2 N–H and O–H groups in total. The van der Waals surface area contributed by atoms with Crippen LogP contribution in [0.4, 0.5) is 0 Å². The standard InChI is InChI=1S/C23H24N4/c1-3-8-18(15-16-24)21-12-7-11-20(25-21)13-14-23-26-22(17-27(23)2)19-9-5-4-6-10-19/h3-12,15-17H,1,13-14,24H2,2H3/b16-15-,18-8+. The van der Waals surface area contributed by atoms with E-state index in [1.807, 2.05) is 55.6 Å². The van der Waals surface area contributed by atoms with Crippen LogP contribution in [0, 0.1) is 0 Å². The number of nitrogens with zero attached hydrogens (tertiary/aromatic N) is 3. The lowest BCUT2D eigenvalue weighted by Gasteiger charge is -2.06. The van der Waals surface area contributed by atoms with Crippen molar-refractivity contribution in [3.63, 3.8) is 0 Å². The first kappa shape index (κ1) is 18.4. The molecule has 0 spiro atoms. The Morgan fingerprint density at radius 2 is 1.89 bits per heavy atom. The average molecular weight is 356 g/mol. The normalized spacial score (nSPS) is 11.8. The molecular formula is C23H24N4. The molecule has 0 amide bonds. The van der Waals surface area contributed by atoms with Gasteiger partial charge < -0.3 is 10.3 Å². The molecule has 0 fully saturated rings. The second-order valence-corrected chi connectivity index (χ2v) is 6.25. The molecule has 0 radical (unpaired) electrons. The maximum Gasteiger partial charge on any atom is 0.109 e. The molecule has 3 rings (SSSR count). The largest absolute Gasteiger partial charge is 0.405 e. The molecule has 0 atom stereocenters. The van der Waals surface area contributed by atoms with Crippen LogP contribution in [0.15, 0.2) is 85.7 Å². The average Bonchev–Trinajstić information content (AvgIpc) is 3.08. The number of hydrogen-bond acceptors (Lipinski definition) is 3. The van der Waals surface area contributed by atoms with Crippen molar-refractivity contribution in [2.24, 2.45) is 12.8 Å². The Kier molecular flexibility index (Phi) is 6.00. The summed E-state index contributed by atoms with van der Waals surface area (Å²) in [6.45, 7) is 3.75. The summed E-state index contributed by atoms with van der Waals surface area (Å²) in [5.74, 6) is 1.05. The van der Waals surface area contributed by atoms with Crippen LogP contribution >= 0.6 is 0 Å². The summed E-state index contributed by atoms with van der Waals surface area (Å²) in [5, 5.41) is 0. The third kappa shape index (κ3) is 4.61. The van der Waals surface area contributed by atoms with Gasteiger partial charge in [0, 0.05) is 36.5 Å². The van der Waals surface area contributed by atoms with Crippen LogP contribution in [-0.4, -0.2) is 14.5 Å². The molecule has 0 aliphatic heterocycles. The van der Waals surface area contributed by atoms with Gasteiger partial charge in [-0.3, -0.25) is 4.98 Å². The summed E-state index contributed by atoms with van der Waals surface area (Å²) in [6.07, 6.45) is 10.7. The van der Waals surface area contributed by atoms with Crippen molar-refractivity contribution in [3.05, 3.63) is 103 Å². The first-order chi connectivity index (χ1) is 13.2. The Balaban J connectivity index is 1.76. The lowest BCUT2D eigenvalue weighted by atomic mass is 10.1. The topological polar surface area (TPSA) is 56.7 Å². The van der Waals surface area contributed by atoms with E-state index in [4.69, 9.17) is 15.7 Å². The fourth-order valence-corrected chi connectivity index (χ4v) is 2.96. The molecule has 3 aromatic rings. The van der Waals surface area contributed by atoms with Crippen molar-refractivity contribution in [2.45, 2.75) is 12.8 Å². The number of aromatic nitrogens is 3. The minimum absolute atomic E-state index is 0.820. The van der Waals surface area contributed by atoms with E-state index in [1.165, 1.54) is 6.20 Å². The van der Waals surface area contributed by atoms with Crippen molar-refractivity contribution in [2.75, 3.05) is 0 Å². The summed E-state index contributed by atoms with van der Waals surface area (Å²) in [7, 11) is 2.04. The number of benzene rings is 1. The monoisotopic (exact) mass is 356 g/mol. The predicted octanol–water partition coefficient (Wildman–Crippen LogP) is 4.31. The van der Waals surface area contributed by atoms with Gasteiger partial charge in [0.1, 0.15) is 5.82 Å². The number of imidazole rings is 1. The quantitative estimate of drug-likeness (QED) is 0.642. The second kappa shape index (κ2) is 8.81. The molecule has 1 aromatic carbocycles. The number of pyridine rings is 1. The summed E-state index contributed by atoms with van der Waals surface area (Å²) in [4.78, 5) is 9.55. The van der Waals surface area contributed by atoms with Gasteiger partial charge in [-0.25, -0.2) is 4.98 Å². The highest BCUT2D eigenvalue weighted by molar-refractivity contribution is 5.72. The molecule has 27 heavy (non-hydrogen) atoms. The summed E-state index contributed by atoms with van der Waals surface area (Å²) >= 11 is 0. The first-order valence-electron chi connectivity index (χ1n) is 8.96. The number of nitrogens with two attached hydrogens (primary N) is 1. The minimum atomic E-state index is 0.820.